The molecule has 1 N–H and O–H groups in total. The average molecular weight is 145 g/mol. The first-order valence-corrected chi connectivity index (χ1v) is 3.80. The Bertz CT molecular complexity index is 134. The zero-order valence-electron chi connectivity index (χ0n) is 5.90. The van der Waals surface area contributed by atoms with Gasteiger partial charge in [-0.25, -0.2) is 4.39 Å². The predicted octanol–water partition coefficient (Wildman–Crippen LogP) is 0.477. The fourth-order valence-corrected chi connectivity index (χ4v) is 1.81. The molecule has 2 rings (SSSR count). The lowest BCUT2D eigenvalue weighted by molar-refractivity contribution is 0.0197. The Morgan fingerprint density at radius 3 is 3.00 bits per heavy atom. The van der Waals surface area contributed by atoms with Crippen LogP contribution in [0.5, 0.6) is 0 Å². The van der Waals surface area contributed by atoms with E-state index in [0.717, 1.165) is 19.5 Å². The zero-order valence-corrected chi connectivity index (χ0v) is 5.90. The van der Waals surface area contributed by atoms with Gasteiger partial charge in [0.2, 0.25) is 0 Å². The topological polar surface area (TPSA) is 21.3 Å². The molecule has 2 unspecified atom stereocenters. The molecule has 0 aliphatic carbocycles. The predicted molar refractivity (Wildman–Crippen MR) is 35.7 cm³/mol. The quantitative estimate of drug-likeness (QED) is 0.535. The fraction of sp³-hybridized carbons (Fsp3) is 1.00. The molecule has 0 saturated carbocycles. The highest BCUT2D eigenvalue weighted by Crippen LogP contribution is 2.32. The van der Waals surface area contributed by atoms with E-state index in [-0.39, 0.29) is 5.60 Å². The number of alkyl halides is 1. The van der Waals surface area contributed by atoms with Gasteiger partial charge < -0.3 is 10.1 Å². The highest BCUT2D eigenvalue weighted by atomic mass is 19.1. The third-order valence-electron chi connectivity index (χ3n) is 2.37. The first kappa shape index (κ1) is 6.55. The van der Waals surface area contributed by atoms with Gasteiger partial charge in [0.05, 0.1) is 12.2 Å². The van der Waals surface area contributed by atoms with Gasteiger partial charge in [-0.3, -0.25) is 0 Å². The van der Waals surface area contributed by atoms with E-state index in [9.17, 15) is 4.39 Å². The van der Waals surface area contributed by atoms with E-state index in [4.69, 9.17) is 4.74 Å². The standard InChI is InChI=1S/C7H12FNO/c8-6-3-7(10-4-6)1-2-9-5-7/h6,9H,1-5H2. The van der Waals surface area contributed by atoms with Gasteiger partial charge in [-0.2, -0.15) is 0 Å². The lowest BCUT2D eigenvalue weighted by atomic mass is 9.99. The lowest BCUT2D eigenvalue weighted by Gasteiger charge is -2.19. The molecule has 2 fully saturated rings. The van der Waals surface area contributed by atoms with Gasteiger partial charge in [-0.05, 0) is 13.0 Å². The van der Waals surface area contributed by atoms with Crippen molar-refractivity contribution in [3.05, 3.63) is 0 Å². The minimum absolute atomic E-state index is 0.126. The van der Waals surface area contributed by atoms with Gasteiger partial charge in [-0.1, -0.05) is 0 Å². The zero-order chi connectivity index (χ0) is 7.03. The number of hydrogen-bond donors (Lipinski definition) is 1. The highest BCUT2D eigenvalue weighted by molar-refractivity contribution is 4.95. The summed E-state index contributed by atoms with van der Waals surface area (Å²) in [5.41, 5.74) is -0.126. The molecule has 0 aromatic carbocycles. The van der Waals surface area contributed by atoms with Crippen LogP contribution >= 0.6 is 0 Å². The van der Waals surface area contributed by atoms with E-state index >= 15 is 0 Å². The second-order valence-electron chi connectivity index (χ2n) is 3.22. The van der Waals surface area contributed by atoms with Crippen molar-refractivity contribution in [1.29, 1.82) is 0 Å². The van der Waals surface area contributed by atoms with Crippen molar-refractivity contribution >= 4 is 0 Å². The minimum atomic E-state index is -0.722. The average Bonchev–Trinajstić information content (AvgIpc) is 2.46. The van der Waals surface area contributed by atoms with Crippen molar-refractivity contribution in [2.45, 2.75) is 24.6 Å². The SMILES string of the molecule is FC1COC2(CCNC2)C1. The summed E-state index contributed by atoms with van der Waals surface area (Å²) in [7, 11) is 0. The normalized spacial score (nSPS) is 47.1. The Labute approximate surface area is 59.7 Å². The van der Waals surface area contributed by atoms with E-state index < -0.39 is 6.17 Å². The highest BCUT2D eigenvalue weighted by Gasteiger charge is 2.42. The van der Waals surface area contributed by atoms with Gasteiger partial charge in [0.25, 0.3) is 0 Å². The first-order valence-electron chi connectivity index (χ1n) is 3.80. The van der Waals surface area contributed by atoms with E-state index in [1.54, 1.807) is 0 Å². The summed E-state index contributed by atoms with van der Waals surface area (Å²) in [6.07, 6.45) is 0.854. The summed E-state index contributed by atoms with van der Waals surface area (Å²) in [6, 6.07) is 0. The van der Waals surface area contributed by atoms with Crippen LogP contribution in [0.15, 0.2) is 0 Å². The number of ether oxygens (including phenoxy) is 1. The molecule has 2 aliphatic rings. The Balaban J connectivity index is 2.03. The second kappa shape index (κ2) is 2.17. The van der Waals surface area contributed by atoms with Crippen LogP contribution in [0.3, 0.4) is 0 Å². The van der Waals surface area contributed by atoms with Gasteiger partial charge in [0.1, 0.15) is 6.17 Å². The molecule has 2 nitrogen and oxygen atoms in total. The Morgan fingerprint density at radius 2 is 2.50 bits per heavy atom. The number of rotatable bonds is 0. The van der Waals surface area contributed by atoms with Crippen molar-refractivity contribution in [2.24, 2.45) is 0 Å². The van der Waals surface area contributed by atoms with Crippen molar-refractivity contribution < 1.29 is 9.13 Å². The molecule has 2 atom stereocenters. The molecule has 0 radical (unpaired) electrons. The molecular weight excluding hydrogens is 133 g/mol. The summed E-state index contributed by atoms with van der Waals surface area (Å²) in [5, 5.41) is 3.18. The maximum absolute atomic E-state index is 12.7. The largest absolute Gasteiger partial charge is 0.370 e. The number of nitrogens with one attached hydrogen (secondary N) is 1. The van der Waals surface area contributed by atoms with E-state index in [0.29, 0.717) is 13.0 Å². The third kappa shape index (κ3) is 0.935. The van der Waals surface area contributed by atoms with Crippen LogP contribution in [0.4, 0.5) is 4.39 Å². The van der Waals surface area contributed by atoms with Crippen LogP contribution in [0, 0.1) is 0 Å². The van der Waals surface area contributed by atoms with Crippen LogP contribution in [-0.2, 0) is 4.74 Å². The molecule has 0 aromatic heterocycles. The van der Waals surface area contributed by atoms with Crippen molar-refractivity contribution in [1.82, 2.24) is 5.32 Å². The summed E-state index contributed by atoms with van der Waals surface area (Å²) >= 11 is 0. The van der Waals surface area contributed by atoms with E-state index in [1.807, 2.05) is 0 Å². The second-order valence-corrected chi connectivity index (χ2v) is 3.22. The van der Waals surface area contributed by atoms with Gasteiger partial charge in [0, 0.05) is 13.0 Å². The van der Waals surface area contributed by atoms with Crippen LogP contribution < -0.4 is 5.32 Å². The smallest absolute Gasteiger partial charge is 0.126 e. The first-order chi connectivity index (χ1) is 4.81. The molecule has 3 heteroatoms. The Hall–Kier alpha value is -0.150. The van der Waals surface area contributed by atoms with E-state index in [1.165, 1.54) is 0 Å². The molecule has 0 aromatic rings. The molecule has 2 heterocycles. The van der Waals surface area contributed by atoms with Gasteiger partial charge in [0.15, 0.2) is 0 Å². The van der Waals surface area contributed by atoms with Crippen LogP contribution in [0.25, 0.3) is 0 Å². The number of halogens is 1. The van der Waals surface area contributed by atoms with Gasteiger partial charge >= 0.3 is 0 Å². The summed E-state index contributed by atoms with van der Waals surface area (Å²) in [5.74, 6) is 0. The third-order valence-corrected chi connectivity index (χ3v) is 2.37. The maximum atomic E-state index is 12.7. The van der Waals surface area contributed by atoms with Crippen molar-refractivity contribution in [3.8, 4) is 0 Å². The maximum Gasteiger partial charge on any atom is 0.126 e. The lowest BCUT2D eigenvalue weighted by Crippen LogP contribution is -2.30. The molecular formula is C7H12FNO. The monoisotopic (exact) mass is 145 g/mol. The van der Waals surface area contributed by atoms with Crippen LogP contribution in [0.2, 0.25) is 0 Å². The fourth-order valence-electron chi connectivity index (χ4n) is 1.81. The summed E-state index contributed by atoms with van der Waals surface area (Å²) in [6.45, 7) is 2.13. The van der Waals surface area contributed by atoms with Crippen LogP contribution in [0.1, 0.15) is 12.8 Å². The minimum Gasteiger partial charge on any atom is -0.370 e. The molecule has 0 bridgehead atoms. The molecule has 2 aliphatic heterocycles. The van der Waals surface area contributed by atoms with E-state index in [2.05, 4.69) is 5.32 Å². The molecule has 2 saturated heterocycles. The molecule has 1 spiro atoms. The molecule has 58 valence electrons. The van der Waals surface area contributed by atoms with Gasteiger partial charge in [-0.15, -0.1) is 0 Å². The van der Waals surface area contributed by atoms with Crippen LogP contribution in [-0.4, -0.2) is 31.5 Å². The number of hydrogen-bond acceptors (Lipinski definition) is 2. The summed E-state index contributed by atoms with van der Waals surface area (Å²) in [4.78, 5) is 0. The van der Waals surface area contributed by atoms with Crippen molar-refractivity contribution in [2.75, 3.05) is 19.7 Å². The summed E-state index contributed by atoms with van der Waals surface area (Å²) < 4.78 is 18.0. The Morgan fingerprint density at radius 1 is 1.60 bits per heavy atom. The molecule has 10 heavy (non-hydrogen) atoms. The Kier molecular flexibility index (Phi) is 1.42. The molecule has 0 amide bonds. The van der Waals surface area contributed by atoms with Crippen molar-refractivity contribution in [3.63, 3.8) is 0 Å².